The van der Waals surface area contributed by atoms with Crippen LogP contribution in [-0.2, 0) is 11.3 Å². The van der Waals surface area contributed by atoms with Gasteiger partial charge in [-0.1, -0.05) is 0 Å². The van der Waals surface area contributed by atoms with Crippen molar-refractivity contribution in [1.29, 1.82) is 0 Å². The van der Waals surface area contributed by atoms with Gasteiger partial charge >= 0.3 is 0 Å². The van der Waals surface area contributed by atoms with E-state index in [1.54, 1.807) is 0 Å². The lowest BCUT2D eigenvalue weighted by atomic mass is 9.91. The third-order valence-corrected chi connectivity index (χ3v) is 5.71. The normalized spacial score (nSPS) is 24.0. The highest BCUT2D eigenvalue weighted by atomic mass is 16.2. The van der Waals surface area contributed by atoms with Gasteiger partial charge in [-0.15, -0.1) is 0 Å². The van der Waals surface area contributed by atoms with Crippen LogP contribution in [0.5, 0.6) is 0 Å². The number of aromatic nitrogens is 2. The van der Waals surface area contributed by atoms with Gasteiger partial charge in [0.2, 0.25) is 5.91 Å². The van der Waals surface area contributed by atoms with Crippen molar-refractivity contribution in [3.05, 3.63) is 18.5 Å². The molecule has 0 aliphatic carbocycles. The average molecular weight is 332 g/mol. The Labute approximate surface area is 146 Å². The Morgan fingerprint density at radius 3 is 2.67 bits per heavy atom. The molecule has 5 nitrogen and oxygen atoms in total. The average Bonchev–Trinajstić information content (AvgIpc) is 3.09. The van der Waals surface area contributed by atoms with Crippen molar-refractivity contribution in [3.63, 3.8) is 0 Å². The van der Waals surface area contributed by atoms with E-state index >= 15 is 0 Å². The summed E-state index contributed by atoms with van der Waals surface area (Å²) in [5.74, 6) is 1.84. The highest BCUT2D eigenvalue weighted by molar-refractivity contribution is 5.77. The number of hydrogen-bond acceptors (Lipinski definition) is 3. The molecule has 24 heavy (non-hydrogen) atoms. The van der Waals surface area contributed by atoms with Crippen LogP contribution in [0.15, 0.2) is 18.5 Å². The van der Waals surface area contributed by atoms with Crippen molar-refractivity contribution in [1.82, 2.24) is 19.6 Å². The van der Waals surface area contributed by atoms with Crippen molar-refractivity contribution in [2.45, 2.75) is 58.5 Å². The number of piperidine rings is 2. The monoisotopic (exact) mass is 332 g/mol. The molecule has 0 radical (unpaired) electrons. The van der Waals surface area contributed by atoms with Gasteiger partial charge in [-0.3, -0.25) is 9.48 Å². The molecule has 1 amide bonds. The Balaban J connectivity index is 1.38. The summed E-state index contributed by atoms with van der Waals surface area (Å²) in [6.45, 7) is 9.87. The molecule has 1 aromatic heterocycles. The Morgan fingerprint density at radius 2 is 2.00 bits per heavy atom. The number of carbonyl (C=O) groups is 1. The van der Waals surface area contributed by atoms with Crippen LogP contribution in [0.1, 0.15) is 46.0 Å². The van der Waals surface area contributed by atoms with Crippen LogP contribution in [-0.4, -0.2) is 57.7 Å². The second kappa shape index (κ2) is 8.15. The van der Waals surface area contributed by atoms with Gasteiger partial charge in [0.05, 0.1) is 0 Å². The molecular weight excluding hydrogens is 300 g/mol. The maximum absolute atomic E-state index is 12.0. The number of aryl methyl sites for hydroxylation is 1. The number of hydrogen-bond donors (Lipinski definition) is 0. The van der Waals surface area contributed by atoms with Crippen LogP contribution in [0.25, 0.3) is 0 Å². The standard InChI is InChI=1S/C19H32N4O/c1-16(2)23-15-18(4-5-19(23)24)14-21-11-6-17(7-12-21)8-13-22-10-3-9-20-22/h3,9-10,16-18H,4-8,11-15H2,1-2H3. The van der Waals surface area contributed by atoms with Gasteiger partial charge < -0.3 is 9.80 Å². The predicted molar refractivity (Wildman–Crippen MR) is 95.6 cm³/mol. The van der Waals surface area contributed by atoms with E-state index in [0.717, 1.165) is 31.8 Å². The van der Waals surface area contributed by atoms with Gasteiger partial charge in [-0.2, -0.15) is 5.10 Å². The van der Waals surface area contributed by atoms with Crippen LogP contribution in [0.2, 0.25) is 0 Å². The molecule has 1 unspecified atom stereocenters. The van der Waals surface area contributed by atoms with E-state index in [0.29, 0.717) is 17.9 Å². The summed E-state index contributed by atoms with van der Waals surface area (Å²) in [5.41, 5.74) is 0. The Kier molecular flexibility index (Phi) is 5.93. The minimum Gasteiger partial charge on any atom is -0.340 e. The number of amides is 1. The molecule has 0 aromatic carbocycles. The fraction of sp³-hybridized carbons (Fsp3) is 0.789. The van der Waals surface area contributed by atoms with Crippen molar-refractivity contribution >= 4 is 5.91 Å². The largest absolute Gasteiger partial charge is 0.340 e. The molecule has 0 spiro atoms. The van der Waals surface area contributed by atoms with Gasteiger partial charge in [-0.25, -0.2) is 0 Å². The third kappa shape index (κ3) is 4.59. The zero-order chi connectivity index (χ0) is 16.9. The van der Waals surface area contributed by atoms with Crippen LogP contribution < -0.4 is 0 Å². The van der Waals surface area contributed by atoms with Gasteiger partial charge in [-0.05, 0) is 70.5 Å². The van der Waals surface area contributed by atoms with Gasteiger partial charge in [0, 0.05) is 44.5 Å². The number of likely N-dealkylation sites (tertiary alicyclic amines) is 2. The summed E-state index contributed by atoms with van der Waals surface area (Å²) >= 11 is 0. The molecular formula is C19H32N4O. The predicted octanol–water partition coefficient (Wildman–Crippen LogP) is 2.63. The topological polar surface area (TPSA) is 41.4 Å². The first-order chi connectivity index (χ1) is 11.6. The highest BCUT2D eigenvalue weighted by Crippen LogP contribution is 2.25. The maximum atomic E-state index is 12.0. The summed E-state index contributed by atoms with van der Waals surface area (Å²) < 4.78 is 2.05. The molecule has 0 bridgehead atoms. The molecule has 2 fully saturated rings. The van der Waals surface area contributed by atoms with Crippen LogP contribution >= 0.6 is 0 Å². The molecule has 3 rings (SSSR count). The molecule has 2 aliphatic rings. The second-order valence-electron chi connectivity index (χ2n) is 7.85. The first-order valence-electron chi connectivity index (χ1n) is 9.61. The summed E-state index contributed by atoms with van der Waals surface area (Å²) in [7, 11) is 0. The van der Waals surface area contributed by atoms with Crippen molar-refractivity contribution in [2.24, 2.45) is 11.8 Å². The third-order valence-electron chi connectivity index (χ3n) is 5.71. The molecule has 2 saturated heterocycles. The summed E-state index contributed by atoms with van der Waals surface area (Å²) in [5, 5.41) is 4.29. The number of rotatable bonds is 6. The van der Waals surface area contributed by atoms with Gasteiger partial charge in [0.15, 0.2) is 0 Å². The molecule has 2 aliphatic heterocycles. The van der Waals surface area contributed by atoms with E-state index < -0.39 is 0 Å². The van der Waals surface area contributed by atoms with E-state index in [-0.39, 0.29) is 0 Å². The maximum Gasteiger partial charge on any atom is 0.222 e. The molecule has 0 saturated carbocycles. The van der Waals surface area contributed by atoms with Crippen molar-refractivity contribution in [3.8, 4) is 0 Å². The zero-order valence-corrected chi connectivity index (χ0v) is 15.2. The number of nitrogens with zero attached hydrogens (tertiary/aromatic N) is 4. The minimum atomic E-state index is 0.341. The number of carbonyl (C=O) groups excluding carboxylic acids is 1. The molecule has 3 heterocycles. The lowest BCUT2D eigenvalue weighted by Gasteiger charge is -2.39. The van der Waals surface area contributed by atoms with Crippen LogP contribution in [0, 0.1) is 11.8 Å². The molecule has 0 N–H and O–H groups in total. The summed E-state index contributed by atoms with van der Waals surface area (Å²) in [6.07, 6.45) is 9.58. The highest BCUT2D eigenvalue weighted by Gasteiger charge is 2.29. The first kappa shape index (κ1) is 17.5. The lowest BCUT2D eigenvalue weighted by Crippen LogP contribution is -2.48. The fourth-order valence-electron chi connectivity index (χ4n) is 4.16. The van der Waals surface area contributed by atoms with E-state index in [9.17, 15) is 4.79 Å². The van der Waals surface area contributed by atoms with Gasteiger partial charge in [0.1, 0.15) is 0 Å². The second-order valence-corrected chi connectivity index (χ2v) is 7.85. The molecule has 134 valence electrons. The van der Waals surface area contributed by atoms with E-state index in [4.69, 9.17) is 0 Å². The molecule has 1 atom stereocenters. The van der Waals surface area contributed by atoms with Crippen molar-refractivity contribution in [2.75, 3.05) is 26.2 Å². The molecule has 5 heteroatoms. The summed E-state index contributed by atoms with van der Waals surface area (Å²) in [6, 6.07) is 2.34. The quantitative estimate of drug-likeness (QED) is 0.804. The molecule has 1 aromatic rings. The van der Waals surface area contributed by atoms with E-state index in [1.165, 1.54) is 38.9 Å². The zero-order valence-electron chi connectivity index (χ0n) is 15.2. The Hall–Kier alpha value is -1.36. The smallest absolute Gasteiger partial charge is 0.222 e. The van der Waals surface area contributed by atoms with Crippen LogP contribution in [0.3, 0.4) is 0 Å². The Bertz CT molecular complexity index is 505. The fourth-order valence-corrected chi connectivity index (χ4v) is 4.16. The first-order valence-corrected chi connectivity index (χ1v) is 9.61. The van der Waals surface area contributed by atoms with E-state index in [2.05, 4.69) is 34.9 Å². The van der Waals surface area contributed by atoms with E-state index in [1.807, 2.05) is 16.9 Å². The van der Waals surface area contributed by atoms with Gasteiger partial charge in [0.25, 0.3) is 0 Å². The lowest BCUT2D eigenvalue weighted by molar-refractivity contribution is -0.137. The summed E-state index contributed by atoms with van der Waals surface area (Å²) in [4.78, 5) is 16.7. The minimum absolute atomic E-state index is 0.341. The SMILES string of the molecule is CC(C)N1CC(CN2CCC(CCn3cccn3)CC2)CCC1=O. The van der Waals surface area contributed by atoms with Crippen molar-refractivity contribution < 1.29 is 4.79 Å². The Morgan fingerprint density at radius 1 is 1.21 bits per heavy atom. The van der Waals surface area contributed by atoms with Crippen LogP contribution in [0.4, 0.5) is 0 Å².